The molecule has 1 saturated heterocycles. The first-order valence-corrected chi connectivity index (χ1v) is 10.9. The minimum Gasteiger partial charge on any atom is -0.376 e. The van der Waals surface area contributed by atoms with Gasteiger partial charge in [-0.25, -0.2) is 4.98 Å². The number of ether oxygens (including phenoxy) is 1. The monoisotopic (exact) mass is 405 g/mol. The number of aromatic nitrogens is 2. The van der Waals surface area contributed by atoms with Gasteiger partial charge in [-0.2, -0.15) is 0 Å². The maximum atomic E-state index is 5.96. The van der Waals surface area contributed by atoms with Crippen molar-refractivity contribution in [2.45, 2.75) is 26.4 Å². The topological polar surface area (TPSA) is 54.2 Å². The van der Waals surface area contributed by atoms with Crippen LogP contribution in [0.3, 0.4) is 0 Å². The molecule has 1 atom stereocenters. The number of likely N-dealkylation sites (tertiary alicyclic amines) is 1. The van der Waals surface area contributed by atoms with E-state index in [9.17, 15) is 0 Å². The highest BCUT2D eigenvalue weighted by molar-refractivity contribution is 5.80. The molecular formula is C24H31N5O. The number of benzene rings is 1. The number of hydrogen-bond acceptors (Lipinski definition) is 3. The summed E-state index contributed by atoms with van der Waals surface area (Å²) in [5.74, 6) is 1.56. The molecule has 4 rings (SSSR count). The van der Waals surface area contributed by atoms with Gasteiger partial charge in [0.25, 0.3) is 0 Å². The number of nitrogens with zero attached hydrogens (tertiary/aromatic N) is 4. The summed E-state index contributed by atoms with van der Waals surface area (Å²) in [6.07, 6.45) is 6.11. The molecule has 1 unspecified atom stereocenters. The van der Waals surface area contributed by atoms with Crippen molar-refractivity contribution in [3.63, 3.8) is 0 Å². The van der Waals surface area contributed by atoms with Gasteiger partial charge in [-0.3, -0.25) is 4.99 Å². The second kappa shape index (κ2) is 10.3. The Hall–Kier alpha value is -2.86. The zero-order chi connectivity index (χ0) is 20.6. The number of rotatable bonds is 8. The summed E-state index contributed by atoms with van der Waals surface area (Å²) in [6.45, 7) is 7.23. The Morgan fingerprint density at radius 1 is 1.20 bits per heavy atom. The number of pyridine rings is 1. The largest absolute Gasteiger partial charge is 0.376 e. The van der Waals surface area contributed by atoms with Gasteiger partial charge in [-0.15, -0.1) is 0 Å². The lowest BCUT2D eigenvalue weighted by Gasteiger charge is -2.21. The van der Waals surface area contributed by atoms with E-state index in [1.165, 1.54) is 5.56 Å². The Labute approximate surface area is 178 Å². The van der Waals surface area contributed by atoms with Crippen LogP contribution in [0.2, 0.25) is 0 Å². The zero-order valence-electron chi connectivity index (χ0n) is 17.7. The van der Waals surface area contributed by atoms with Crippen molar-refractivity contribution in [3.8, 4) is 0 Å². The van der Waals surface area contributed by atoms with E-state index in [0.29, 0.717) is 12.5 Å². The predicted molar refractivity (Wildman–Crippen MR) is 121 cm³/mol. The third-order valence-electron chi connectivity index (χ3n) is 5.43. The van der Waals surface area contributed by atoms with Crippen molar-refractivity contribution in [2.24, 2.45) is 10.9 Å². The molecule has 3 aromatic rings. The average Bonchev–Trinajstić information content (AvgIpc) is 3.40. The predicted octanol–water partition coefficient (Wildman–Crippen LogP) is 3.38. The molecule has 1 fully saturated rings. The summed E-state index contributed by atoms with van der Waals surface area (Å²) in [6, 6.07) is 16.4. The Bertz CT molecular complexity index is 919. The van der Waals surface area contributed by atoms with Crippen molar-refractivity contribution in [2.75, 3.05) is 32.8 Å². The van der Waals surface area contributed by atoms with Crippen molar-refractivity contribution in [3.05, 3.63) is 72.2 Å². The number of guanidine groups is 1. The van der Waals surface area contributed by atoms with Gasteiger partial charge in [-0.05, 0) is 31.0 Å². The summed E-state index contributed by atoms with van der Waals surface area (Å²) < 4.78 is 8.02. The quantitative estimate of drug-likeness (QED) is 0.461. The number of aliphatic imine (C=N–C) groups is 1. The van der Waals surface area contributed by atoms with Crippen LogP contribution in [-0.4, -0.2) is 53.0 Å². The fraction of sp³-hybridized carbons (Fsp3) is 0.417. The molecule has 6 nitrogen and oxygen atoms in total. The molecular weight excluding hydrogens is 374 g/mol. The van der Waals surface area contributed by atoms with Crippen LogP contribution in [0.5, 0.6) is 0 Å². The van der Waals surface area contributed by atoms with E-state index in [0.717, 1.165) is 62.9 Å². The van der Waals surface area contributed by atoms with Crippen molar-refractivity contribution < 1.29 is 4.74 Å². The molecule has 1 N–H and O–H groups in total. The summed E-state index contributed by atoms with van der Waals surface area (Å²) in [7, 11) is 0. The van der Waals surface area contributed by atoms with Crippen LogP contribution in [-0.2, 0) is 17.8 Å². The lowest BCUT2D eigenvalue weighted by molar-refractivity contribution is 0.0907. The summed E-state index contributed by atoms with van der Waals surface area (Å²) >= 11 is 0. The zero-order valence-corrected chi connectivity index (χ0v) is 17.7. The van der Waals surface area contributed by atoms with Crippen LogP contribution in [0, 0.1) is 5.92 Å². The first kappa shape index (κ1) is 20.4. The Morgan fingerprint density at radius 2 is 2.07 bits per heavy atom. The number of nitrogens with one attached hydrogen (secondary N) is 1. The average molecular weight is 406 g/mol. The van der Waals surface area contributed by atoms with E-state index < -0.39 is 0 Å². The smallest absolute Gasteiger partial charge is 0.193 e. The van der Waals surface area contributed by atoms with E-state index in [1.807, 2.05) is 30.5 Å². The van der Waals surface area contributed by atoms with Crippen LogP contribution in [0.1, 0.15) is 24.6 Å². The van der Waals surface area contributed by atoms with E-state index in [-0.39, 0.29) is 0 Å². The van der Waals surface area contributed by atoms with Gasteiger partial charge in [0, 0.05) is 50.9 Å². The van der Waals surface area contributed by atoms with E-state index >= 15 is 0 Å². The van der Waals surface area contributed by atoms with Gasteiger partial charge in [0.05, 0.1) is 18.9 Å². The maximum Gasteiger partial charge on any atom is 0.193 e. The molecule has 1 aliphatic rings. The Balaban J connectivity index is 1.26. The van der Waals surface area contributed by atoms with Gasteiger partial charge in [0.2, 0.25) is 0 Å². The molecule has 0 saturated carbocycles. The van der Waals surface area contributed by atoms with Gasteiger partial charge < -0.3 is 19.4 Å². The lowest BCUT2D eigenvalue weighted by Crippen LogP contribution is -2.40. The molecule has 0 bridgehead atoms. The standard InChI is InChI=1S/C24H31N5O/c1-2-25-24(26-13-11-22-17-28-14-7-6-10-23(28)27-22)29-15-12-21(16-29)19-30-18-20-8-4-3-5-9-20/h3-10,14,17,21H,2,11-13,15-16,18-19H2,1H3,(H,25,26). The fourth-order valence-corrected chi connectivity index (χ4v) is 3.89. The van der Waals surface area contributed by atoms with Gasteiger partial charge in [0.1, 0.15) is 5.65 Å². The highest BCUT2D eigenvalue weighted by Crippen LogP contribution is 2.17. The molecule has 0 radical (unpaired) electrons. The van der Waals surface area contributed by atoms with Crippen LogP contribution in [0.25, 0.3) is 5.65 Å². The molecule has 3 heterocycles. The second-order valence-electron chi connectivity index (χ2n) is 7.79. The summed E-state index contributed by atoms with van der Waals surface area (Å²) in [5.41, 5.74) is 3.30. The van der Waals surface area contributed by atoms with Gasteiger partial charge in [0.15, 0.2) is 5.96 Å². The minimum atomic E-state index is 0.552. The highest BCUT2D eigenvalue weighted by Gasteiger charge is 2.25. The van der Waals surface area contributed by atoms with Crippen LogP contribution in [0.15, 0.2) is 65.9 Å². The third kappa shape index (κ3) is 5.39. The number of hydrogen-bond donors (Lipinski definition) is 1. The van der Waals surface area contributed by atoms with Crippen molar-refractivity contribution >= 4 is 11.6 Å². The first-order chi connectivity index (χ1) is 14.8. The van der Waals surface area contributed by atoms with Gasteiger partial charge >= 0.3 is 0 Å². The van der Waals surface area contributed by atoms with E-state index in [2.05, 4.69) is 57.0 Å². The Kier molecular flexibility index (Phi) is 6.98. The fourth-order valence-electron chi connectivity index (χ4n) is 3.89. The molecule has 0 aliphatic carbocycles. The SMILES string of the molecule is CCNC(=NCCc1cn2ccccc2n1)N1CCC(COCc2ccccc2)C1. The number of imidazole rings is 1. The second-order valence-corrected chi connectivity index (χ2v) is 7.79. The molecule has 6 heteroatoms. The Morgan fingerprint density at radius 3 is 2.90 bits per heavy atom. The summed E-state index contributed by atoms with van der Waals surface area (Å²) in [5, 5.41) is 3.45. The molecule has 0 spiro atoms. The summed E-state index contributed by atoms with van der Waals surface area (Å²) in [4.78, 5) is 11.9. The maximum absolute atomic E-state index is 5.96. The van der Waals surface area contributed by atoms with Crippen LogP contribution >= 0.6 is 0 Å². The lowest BCUT2D eigenvalue weighted by atomic mass is 10.1. The van der Waals surface area contributed by atoms with Gasteiger partial charge in [-0.1, -0.05) is 36.4 Å². The van der Waals surface area contributed by atoms with Crippen molar-refractivity contribution in [1.29, 1.82) is 0 Å². The first-order valence-electron chi connectivity index (χ1n) is 10.9. The molecule has 1 aliphatic heterocycles. The van der Waals surface area contributed by atoms with E-state index in [4.69, 9.17) is 9.73 Å². The molecule has 158 valence electrons. The normalized spacial score (nSPS) is 17.0. The minimum absolute atomic E-state index is 0.552. The molecule has 2 aromatic heterocycles. The van der Waals surface area contributed by atoms with E-state index in [1.54, 1.807) is 0 Å². The molecule has 1 aromatic carbocycles. The van der Waals surface area contributed by atoms with Crippen molar-refractivity contribution in [1.82, 2.24) is 19.6 Å². The van der Waals surface area contributed by atoms with Crippen LogP contribution in [0.4, 0.5) is 0 Å². The molecule has 30 heavy (non-hydrogen) atoms. The number of fused-ring (bicyclic) bond motifs is 1. The highest BCUT2D eigenvalue weighted by atomic mass is 16.5. The third-order valence-corrected chi connectivity index (χ3v) is 5.43. The molecule has 0 amide bonds. The van der Waals surface area contributed by atoms with Crippen LogP contribution < -0.4 is 5.32 Å².